The SMILES string of the molecule is CCOC(=O)[C@@H]1C[C@]2(C(=O)Nc3c(C)cc([N+](=O)[O-])cc32)[NH+]2CCC[C@H]12. The van der Waals surface area contributed by atoms with E-state index in [9.17, 15) is 19.7 Å². The Morgan fingerprint density at radius 2 is 2.27 bits per heavy atom. The molecule has 0 radical (unpaired) electrons. The van der Waals surface area contributed by atoms with Gasteiger partial charge < -0.3 is 15.0 Å². The number of amides is 1. The lowest BCUT2D eigenvalue weighted by atomic mass is 9.83. The summed E-state index contributed by atoms with van der Waals surface area (Å²) in [6.45, 7) is 4.61. The van der Waals surface area contributed by atoms with E-state index in [-0.39, 0.29) is 29.5 Å². The van der Waals surface area contributed by atoms with Gasteiger partial charge in [0.25, 0.3) is 11.6 Å². The Kier molecular flexibility index (Phi) is 3.76. The van der Waals surface area contributed by atoms with Crippen molar-refractivity contribution >= 4 is 23.3 Å². The van der Waals surface area contributed by atoms with Crippen molar-refractivity contribution in [2.75, 3.05) is 18.5 Å². The van der Waals surface area contributed by atoms with Crippen molar-refractivity contribution in [2.45, 2.75) is 44.7 Å². The van der Waals surface area contributed by atoms with Crippen molar-refractivity contribution in [3.8, 4) is 0 Å². The second-order valence-electron chi connectivity index (χ2n) is 7.39. The van der Waals surface area contributed by atoms with Crippen LogP contribution in [0.1, 0.15) is 37.3 Å². The van der Waals surface area contributed by atoms with E-state index in [2.05, 4.69) is 5.32 Å². The molecule has 1 spiro atoms. The number of aryl methyl sites for hydroxylation is 1. The highest BCUT2D eigenvalue weighted by molar-refractivity contribution is 6.06. The number of carbonyl (C=O) groups is 2. The van der Waals surface area contributed by atoms with Crippen LogP contribution in [0, 0.1) is 23.0 Å². The van der Waals surface area contributed by atoms with Gasteiger partial charge in [0.2, 0.25) is 5.54 Å². The fraction of sp³-hybridized carbons (Fsp3) is 0.556. The maximum atomic E-state index is 13.1. The normalized spacial score (nSPS) is 31.6. The van der Waals surface area contributed by atoms with Crippen LogP contribution in [0.15, 0.2) is 12.1 Å². The van der Waals surface area contributed by atoms with Gasteiger partial charge in [0.15, 0.2) is 0 Å². The zero-order valence-electron chi connectivity index (χ0n) is 14.8. The largest absolute Gasteiger partial charge is 0.466 e. The molecule has 1 amide bonds. The Bertz CT molecular complexity index is 823. The molecule has 8 heteroatoms. The van der Waals surface area contributed by atoms with Crippen LogP contribution in [-0.2, 0) is 19.9 Å². The minimum absolute atomic E-state index is 0.0188. The zero-order valence-corrected chi connectivity index (χ0v) is 14.8. The lowest BCUT2D eigenvalue weighted by molar-refractivity contribution is -0.947. The summed E-state index contributed by atoms with van der Waals surface area (Å²) in [5.74, 6) is -0.786. The number of hydrogen-bond acceptors (Lipinski definition) is 5. The van der Waals surface area contributed by atoms with Gasteiger partial charge >= 0.3 is 5.97 Å². The smallest absolute Gasteiger partial charge is 0.315 e. The van der Waals surface area contributed by atoms with E-state index in [1.54, 1.807) is 13.8 Å². The summed E-state index contributed by atoms with van der Waals surface area (Å²) in [7, 11) is 0. The molecule has 4 rings (SSSR count). The quantitative estimate of drug-likeness (QED) is 0.469. The van der Waals surface area contributed by atoms with E-state index in [4.69, 9.17) is 4.74 Å². The Morgan fingerprint density at radius 3 is 2.96 bits per heavy atom. The molecule has 1 unspecified atom stereocenters. The topological polar surface area (TPSA) is 103 Å². The maximum absolute atomic E-state index is 13.1. The highest BCUT2D eigenvalue weighted by atomic mass is 16.6. The number of nitrogens with one attached hydrogen (secondary N) is 2. The summed E-state index contributed by atoms with van der Waals surface area (Å²) < 4.78 is 5.25. The third kappa shape index (κ3) is 2.11. The molecule has 3 heterocycles. The van der Waals surface area contributed by atoms with Gasteiger partial charge in [-0.3, -0.25) is 19.7 Å². The van der Waals surface area contributed by atoms with Crippen LogP contribution in [0.5, 0.6) is 0 Å². The van der Waals surface area contributed by atoms with E-state index in [1.807, 2.05) is 0 Å². The molecule has 0 bridgehead atoms. The number of quaternary nitrogens is 1. The second-order valence-corrected chi connectivity index (χ2v) is 7.39. The fourth-order valence-electron chi connectivity index (χ4n) is 5.19. The number of anilines is 1. The van der Waals surface area contributed by atoms with Gasteiger partial charge in [0.05, 0.1) is 29.3 Å². The van der Waals surface area contributed by atoms with Gasteiger partial charge in [-0.1, -0.05) is 0 Å². The molecule has 1 aromatic carbocycles. The molecule has 2 N–H and O–H groups in total. The van der Waals surface area contributed by atoms with Gasteiger partial charge in [-0.25, -0.2) is 0 Å². The standard InChI is InChI=1S/C18H21N3O5/c1-3-26-16(22)12-9-18(20-6-4-5-14(12)20)13-8-11(21(24)25)7-10(2)15(13)19-17(18)23/h7-8,12,14H,3-6,9H2,1-2H3,(H,19,23)/p+1/t12-,14-,18+/m1/s1. The van der Waals surface area contributed by atoms with E-state index in [0.29, 0.717) is 29.8 Å². The number of ether oxygens (including phenoxy) is 1. The summed E-state index contributed by atoms with van der Waals surface area (Å²) in [6.07, 6.45) is 2.12. The van der Waals surface area contributed by atoms with Crippen molar-refractivity contribution in [3.05, 3.63) is 33.4 Å². The number of esters is 1. The lowest BCUT2D eigenvalue weighted by Gasteiger charge is -2.29. The van der Waals surface area contributed by atoms with Crippen LogP contribution in [0.4, 0.5) is 11.4 Å². The molecular weight excluding hydrogens is 338 g/mol. The number of nitro groups is 1. The number of fused-ring (bicyclic) bond motifs is 4. The summed E-state index contributed by atoms with van der Waals surface area (Å²) in [5, 5.41) is 14.3. The predicted octanol–water partition coefficient (Wildman–Crippen LogP) is 0.681. The number of nitrogens with zero attached hydrogens (tertiary/aromatic N) is 1. The van der Waals surface area contributed by atoms with E-state index in [0.717, 1.165) is 24.3 Å². The molecule has 3 aliphatic heterocycles. The average Bonchev–Trinajstić information content (AvgIpc) is 3.24. The molecule has 138 valence electrons. The first-order chi connectivity index (χ1) is 12.4. The first-order valence-electron chi connectivity index (χ1n) is 9.04. The van der Waals surface area contributed by atoms with Gasteiger partial charge in [-0.05, 0) is 19.4 Å². The van der Waals surface area contributed by atoms with Crippen LogP contribution in [-0.4, -0.2) is 36.0 Å². The Labute approximate surface area is 150 Å². The predicted molar refractivity (Wildman–Crippen MR) is 91.7 cm³/mol. The number of rotatable bonds is 3. The Balaban J connectivity index is 1.86. The molecular formula is C18H22N3O5+. The molecule has 8 nitrogen and oxygen atoms in total. The van der Waals surface area contributed by atoms with Gasteiger partial charge in [-0.15, -0.1) is 0 Å². The van der Waals surface area contributed by atoms with Crippen LogP contribution in [0.25, 0.3) is 0 Å². The molecule has 0 aromatic heterocycles. The number of hydrogen-bond donors (Lipinski definition) is 2. The first-order valence-corrected chi connectivity index (χ1v) is 9.04. The molecule has 4 atom stereocenters. The summed E-state index contributed by atoms with van der Waals surface area (Å²) in [4.78, 5) is 37.6. The van der Waals surface area contributed by atoms with E-state index in [1.165, 1.54) is 12.1 Å². The van der Waals surface area contributed by atoms with Crippen molar-refractivity contribution < 1.29 is 24.1 Å². The fourth-order valence-corrected chi connectivity index (χ4v) is 5.19. The van der Waals surface area contributed by atoms with Crippen molar-refractivity contribution in [3.63, 3.8) is 0 Å². The van der Waals surface area contributed by atoms with Crippen molar-refractivity contribution in [1.82, 2.24) is 0 Å². The summed E-state index contributed by atoms with van der Waals surface area (Å²) >= 11 is 0. The number of carbonyl (C=O) groups excluding carboxylic acids is 2. The minimum atomic E-state index is -0.940. The monoisotopic (exact) mass is 360 g/mol. The number of non-ortho nitro benzene ring substituents is 1. The summed E-state index contributed by atoms with van der Waals surface area (Å²) in [6, 6.07) is 3.01. The van der Waals surface area contributed by atoms with Crippen molar-refractivity contribution in [2.24, 2.45) is 5.92 Å². The van der Waals surface area contributed by atoms with Gasteiger partial charge in [0, 0.05) is 31.4 Å². The zero-order chi connectivity index (χ0) is 18.6. The van der Waals surface area contributed by atoms with E-state index >= 15 is 0 Å². The molecule has 26 heavy (non-hydrogen) atoms. The van der Waals surface area contributed by atoms with Crippen LogP contribution >= 0.6 is 0 Å². The highest BCUT2D eigenvalue weighted by Crippen LogP contribution is 2.46. The first kappa shape index (κ1) is 17.0. The molecule has 2 fully saturated rings. The van der Waals surface area contributed by atoms with Gasteiger partial charge in [0.1, 0.15) is 12.0 Å². The van der Waals surface area contributed by atoms with Crippen LogP contribution in [0.3, 0.4) is 0 Å². The van der Waals surface area contributed by atoms with Crippen LogP contribution in [0.2, 0.25) is 0 Å². The number of nitro benzene ring substituents is 1. The molecule has 1 aromatic rings. The lowest BCUT2D eigenvalue weighted by Crippen LogP contribution is -3.19. The minimum Gasteiger partial charge on any atom is -0.466 e. The third-order valence-corrected chi connectivity index (χ3v) is 6.18. The number of benzene rings is 1. The van der Waals surface area contributed by atoms with Crippen LogP contribution < -0.4 is 10.2 Å². The summed E-state index contributed by atoms with van der Waals surface area (Å²) in [5.41, 5.74) is 1.03. The maximum Gasteiger partial charge on any atom is 0.315 e. The molecule has 3 aliphatic rings. The molecule has 2 saturated heterocycles. The molecule has 0 saturated carbocycles. The van der Waals surface area contributed by atoms with Gasteiger partial charge in [-0.2, -0.15) is 0 Å². The second kappa shape index (κ2) is 5.77. The van der Waals surface area contributed by atoms with E-state index < -0.39 is 10.5 Å². The molecule has 0 aliphatic carbocycles. The third-order valence-electron chi connectivity index (χ3n) is 6.18. The Morgan fingerprint density at radius 1 is 1.50 bits per heavy atom. The van der Waals surface area contributed by atoms with Crippen molar-refractivity contribution in [1.29, 1.82) is 0 Å². The Hall–Kier alpha value is -2.48. The highest BCUT2D eigenvalue weighted by Gasteiger charge is 2.67. The average molecular weight is 360 g/mol.